The summed E-state index contributed by atoms with van der Waals surface area (Å²) in [7, 11) is 11.2. The Kier molecular flexibility index (Phi) is 11.7. The first-order valence-electron chi connectivity index (χ1n) is 10.7. The first-order valence-corrected chi connectivity index (χ1v) is 23.2. The molecule has 4 heteroatoms. The summed E-state index contributed by atoms with van der Waals surface area (Å²) < 4.78 is 0. The van der Waals surface area contributed by atoms with Gasteiger partial charge in [0.15, 0.2) is 0 Å². The van der Waals surface area contributed by atoms with Crippen LogP contribution in [0.25, 0.3) is 21.5 Å². The molecule has 0 bridgehead atoms. The van der Waals surface area contributed by atoms with E-state index in [4.69, 9.17) is 17.0 Å². The van der Waals surface area contributed by atoms with Gasteiger partial charge in [-0.25, -0.2) is 0 Å². The van der Waals surface area contributed by atoms with Crippen LogP contribution in [0.4, 0.5) is 0 Å². The second-order valence-electron chi connectivity index (χ2n) is 7.65. The normalized spacial score (nSPS) is 10.2. The molecule has 30 heavy (non-hydrogen) atoms. The molecule has 0 atom stereocenters. The third-order valence-corrected chi connectivity index (χ3v) is 24.7. The number of fused-ring (bicyclic) bond motifs is 2. The Labute approximate surface area is 197 Å². The van der Waals surface area contributed by atoms with E-state index in [1.165, 1.54) is 58.4 Å². The summed E-state index contributed by atoms with van der Waals surface area (Å²) >= 11 is -1.65. The Balaban J connectivity index is 0.000000171. The predicted octanol–water partition coefficient (Wildman–Crippen LogP) is 9.19. The Morgan fingerprint density at radius 2 is 1.13 bits per heavy atom. The quantitative estimate of drug-likeness (QED) is 0.181. The minimum absolute atomic E-state index is 0.224. The van der Waals surface area contributed by atoms with Crippen molar-refractivity contribution in [1.29, 1.82) is 0 Å². The summed E-state index contributed by atoms with van der Waals surface area (Å²) in [6.07, 6.45) is 4.84. The van der Waals surface area contributed by atoms with E-state index in [1.54, 1.807) is 0 Å². The summed E-state index contributed by atoms with van der Waals surface area (Å²) in [5.41, 5.74) is 2.75. The molecule has 0 aromatic heterocycles. The van der Waals surface area contributed by atoms with E-state index in [1.807, 2.05) is 0 Å². The van der Waals surface area contributed by atoms with Gasteiger partial charge in [0, 0.05) is 0 Å². The molecule has 0 fully saturated rings. The molecule has 0 nitrogen and oxygen atoms in total. The number of halogens is 2. The van der Waals surface area contributed by atoms with Crippen LogP contribution >= 0.6 is 17.0 Å². The number of benzene rings is 2. The zero-order valence-electron chi connectivity index (χ0n) is 18.5. The molecule has 0 heterocycles. The van der Waals surface area contributed by atoms with Gasteiger partial charge in [-0.05, 0) is 12.8 Å². The van der Waals surface area contributed by atoms with Crippen LogP contribution in [0, 0.1) is 0 Å². The maximum atomic E-state index is 5.62. The first kappa shape index (κ1) is 25.6. The maximum absolute atomic E-state index is 5.62. The van der Waals surface area contributed by atoms with Gasteiger partial charge in [-0.15, -0.1) is 57.9 Å². The van der Waals surface area contributed by atoms with Crippen molar-refractivity contribution in [3.8, 4) is 0 Å². The molecule has 0 radical (unpaired) electrons. The van der Waals surface area contributed by atoms with Gasteiger partial charge in [0.2, 0.25) is 0 Å². The van der Waals surface area contributed by atoms with E-state index in [9.17, 15) is 0 Å². The van der Waals surface area contributed by atoms with E-state index in [-0.39, 0.29) is 5.43 Å². The molecular weight excluding hydrogens is 503 g/mol. The fourth-order valence-corrected chi connectivity index (χ4v) is 3.43. The fourth-order valence-electron chi connectivity index (χ4n) is 3.43. The van der Waals surface area contributed by atoms with Crippen LogP contribution in [0.2, 0.25) is 13.1 Å². The molecule has 0 aliphatic heterocycles. The summed E-state index contributed by atoms with van der Waals surface area (Å²) in [5, 5.41) is 5.61. The molecule has 4 aromatic rings. The van der Waals surface area contributed by atoms with E-state index >= 15 is 0 Å². The molecule has 0 amide bonds. The van der Waals surface area contributed by atoms with Crippen LogP contribution in [0.1, 0.15) is 37.8 Å². The standard InChI is InChI=1S/2C12H13.C2H6Si.2ClH.Zr/c2*1-2-5-10-6-3-7-11-8-4-9-12(10)11;1-3-2;;;/h2*3-4,6-9H,2,5H2,1H3;1-2H3;2*1H;/q2*-1;;;;+2/p-2. The SMILES string of the molecule is CCCc1cccc2[cH-]ccc12.CCCc1cccc2[cH-]ccc12.C[Si](C)=[Zr]([Cl])[Cl]. The Morgan fingerprint density at radius 1 is 0.733 bits per heavy atom. The van der Waals surface area contributed by atoms with Crippen molar-refractivity contribution in [2.45, 2.75) is 52.6 Å². The van der Waals surface area contributed by atoms with Crippen LogP contribution in [0.15, 0.2) is 72.8 Å². The number of hydrogen-bond acceptors (Lipinski definition) is 0. The molecule has 0 aliphatic rings. The second-order valence-corrected chi connectivity index (χ2v) is 30.6. The van der Waals surface area contributed by atoms with Crippen molar-refractivity contribution in [2.75, 3.05) is 0 Å². The van der Waals surface area contributed by atoms with Crippen molar-refractivity contribution >= 4 is 44.0 Å². The van der Waals surface area contributed by atoms with Gasteiger partial charge >= 0.3 is 53.5 Å². The van der Waals surface area contributed by atoms with Crippen molar-refractivity contribution < 1.29 is 18.0 Å². The zero-order valence-corrected chi connectivity index (χ0v) is 23.5. The number of aryl methyl sites for hydroxylation is 2. The van der Waals surface area contributed by atoms with Crippen molar-refractivity contribution in [3.63, 3.8) is 0 Å². The molecular formula is C26H32Cl2SiZr-2. The van der Waals surface area contributed by atoms with Crippen LogP contribution < -0.4 is 0 Å². The first-order chi connectivity index (χ1) is 14.5. The van der Waals surface area contributed by atoms with Crippen molar-refractivity contribution in [3.05, 3.63) is 83.9 Å². The molecule has 160 valence electrons. The Morgan fingerprint density at radius 3 is 1.47 bits per heavy atom. The van der Waals surface area contributed by atoms with Gasteiger partial charge in [-0.2, -0.15) is 24.3 Å². The average molecular weight is 535 g/mol. The van der Waals surface area contributed by atoms with Crippen molar-refractivity contribution in [1.82, 2.24) is 0 Å². The zero-order chi connectivity index (χ0) is 21.9. The van der Waals surface area contributed by atoms with Gasteiger partial charge in [-0.1, -0.05) is 49.9 Å². The van der Waals surface area contributed by atoms with E-state index < -0.39 is 18.0 Å². The van der Waals surface area contributed by atoms with E-state index in [2.05, 4.69) is 99.7 Å². The van der Waals surface area contributed by atoms with E-state index in [0.717, 1.165) is 0 Å². The average Bonchev–Trinajstić information content (AvgIpc) is 3.40. The molecule has 0 unspecified atom stereocenters. The second kappa shape index (κ2) is 13.7. The third kappa shape index (κ3) is 7.79. The summed E-state index contributed by atoms with van der Waals surface area (Å²) in [5.74, 6) is 0. The van der Waals surface area contributed by atoms with Crippen LogP contribution in [-0.2, 0) is 30.8 Å². The molecule has 4 rings (SSSR count). The van der Waals surface area contributed by atoms with Crippen LogP contribution in [0.3, 0.4) is 0 Å². The monoisotopic (exact) mass is 532 g/mol. The van der Waals surface area contributed by atoms with Crippen molar-refractivity contribution in [2.24, 2.45) is 0 Å². The topological polar surface area (TPSA) is 0 Å². The van der Waals surface area contributed by atoms with Gasteiger partial charge in [-0.3, -0.25) is 0 Å². The Hall–Kier alpha value is -0.660. The predicted molar refractivity (Wildman–Crippen MR) is 136 cm³/mol. The van der Waals surface area contributed by atoms with E-state index in [0.29, 0.717) is 0 Å². The van der Waals surface area contributed by atoms with Crippen LogP contribution in [0.5, 0.6) is 0 Å². The number of rotatable bonds is 4. The molecule has 4 aromatic carbocycles. The molecule has 0 aliphatic carbocycles. The summed E-state index contributed by atoms with van der Waals surface area (Å²) in [4.78, 5) is 0. The molecule has 0 saturated heterocycles. The summed E-state index contributed by atoms with van der Waals surface area (Å²) in [6.45, 7) is 8.78. The van der Waals surface area contributed by atoms with Crippen LogP contribution in [-0.4, -0.2) is 5.43 Å². The molecule has 0 N–H and O–H groups in total. The van der Waals surface area contributed by atoms with Gasteiger partial charge in [0.1, 0.15) is 0 Å². The molecule has 0 spiro atoms. The minimum atomic E-state index is -1.65. The summed E-state index contributed by atoms with van der Waals surface area (Å²) in [6, 6.07) is 26.1. The van der Waals surface area contributed by atoms with Gasteiger partial charge in [0.05, 0.1) is 0 Å². The Bertz CT molecular complexity index is 981. The molecule has 0 saturated carbocycles. The number of hydrogen-bond donors (Lipinski definition) is 0. The van der Waals surface area contributed by atoms with Gasteiger partial charge < -0.3 is 0 Å². The fraction of sp³-hybridized carbons (Fsp3) is 0.308. The third-order valence-electron chi connectivity index (χ3n) is 4.95. The van der Waals surface area contributed by atoms with Gasteiger partial charge in [0.25, 0.3) is 0 Å².